The summed E-state index contributed by atoms with van der Waals surface area (Å²) >= 11 is 6.79. The second-order valence-corrected chi connectivity index (χ2v) is 5.46. The Morgan fingerprint density at radius 1 is 1.40 bits per heavy atom. The maximum Gasteiger partial charge on any atom is 0.250 e. The van der Waals surface area contributed by atoms with Crippen LogP contribution in [0.25, 0.3) is 0 Å². The number of aromatic nitrogens is 1. The van der Waals surface area contributed by atoms with Crippen molar-refractivity contribution < 1.29 is 0 Å². The van der Waals surface area contributed by atoms with Crippen molar-refractivity contribution in [3.05, 3.63) is 33.2 Å². The summed E-state index contributed by atoms with van der Waals surface area (Å²) in [5, 5.41) is 1.03. The van der Waals surface area contributed by atoms with Gasteiger partial charge in [0.05, 0.1) is 0 Å². The molecule has 1 rings (SSSR count). The number of nitrogens with zero attached hydrogens (tertiary/aromatic N) is 1. The fraction of sp³-hybridized carbons (Fsp3) is 0.545. The van der Waals surface area contributed by atoms with E-state index in [4.69, 9.17) is 0 Å². The van der Waals surface area contributed by atoms with Gasteiger partial charge in [-0.1, -0.05) is 22.9 Å². The highest BCUT2D eigenvalue weighted by Crippen LogP contribution is 2.11. The maximum absolute atomic E-state index is 11.5. The molecule has 0 radical (unpaired) electrons. The van der Waals surface area contributed by atoms with E-state index in [1.165, 1.54) is 0 Å². The van der Waals surface area contributed by atoms with Gasteiger partial charge in [-0.3, -0.25) is 4.79 Å². The van der Waals surface area contributed by atoms with Gasteiger partial charge in [-0.05, 0) is 40.8 Å². The zero-order chi connectivity index (χ0) is 11.3. The largest absolute Gasteiger partial charge is 0.314 e. The van der Waals surface area contributed by atoms with Crippen LogP contribution in [0.5, 0.6) is 0 Å². The van der Waals surface area contributed by atoms with Crippen LogP contribution in [0.3, 0.4) is 0 Å². The Morgan fingerprint density at radius 3 is 2.80 bits per heavy atom. The normalized spacial score (nSPS) is 12.7. The van der Waals surface area contributed by atoms with E-state index in [0.29, 0.717) is 5.92 Å². The topological polar surface area (TPSA) is 22.0 Å². The molecule has 0 fully saturated rings. The van der Waals surface area contributed by atoms with Crippen molar-refractivity contribution in [2.45, 2.75) is 26.3 Å². The molecule has 2 nitrogen and oxygen atoms in total. The summed E-state index contributed by atoms with van der Waals surface area (Å²) in [6.07, 6.45) is 4.05. The first-order chi connectivity index (χ1) is 7.13. The van der Waals surface area contributed by atoms with Crippen LogP contribution >= 0.6 is 31.9 Å². The molecule has 0 saturated heterocycles. The van der Waals surface area contributed by atoms with Gasteiger partial charge in [0.25, 0.3) is 5.56 Å². The zero-order valence-electron chi connectivity index (χ0n) is 8.75. The molecule has 0 bridgehead atoms. The lowest BCUT2D eigenvalue weighted by Crippen LogP contribution is -2.19. The standard InChI is InChI=1S/C11H15Br2NO/c1-9(4-6-12)5-7-14-8-10(13)2-3-11(14)15/h2-3,8-9H,4-7H2,1H3. The van der Waals surface area contributed by atoms with E-state index in [1.807, 2.05) is 6.20 Å². The average Bonchev–Trinajstić information content (AvgIpc) is 2.20. The molecule has 1 aromatic rings. The van der Waals surface area contributed by atoms with Gasteiger partial charge in [-0.2, -0.15) is 0 Å². The van der Waals surface area contributed by atoms with Crippen LogP contribution in [0.4, 0.5) is 0 Å². The smallest absolute Gasteiger partial charge is 0.250 e. The lowest BCUT2D eigenvalue weighted by molar-refractivity contribution is 0.466. The van der Waals surface area contributed by atoms with Crippen molar-refractivity contribution in [3.8, 4) is 0 Å². The zero-order valence-corrected chi connectivity index (χ0v) is 11.9. The lowest BCUT2D eigenvalue weighted by Gasteiger charge is -2.11. The van der Waals surface area contributed by atoms with Crippen molar-refractivity contribution in [2.75, 3.05) is 5.33 Å². The number of pyridine rings is 1. The number of alkyl halides is 1. The molecule has 0 aromatic carbocycles. The summed E-state index contributed by atoms with van der Waals surface area (Å²) in [6.45, 7) is 3.01. The SMILES string of the molecule is CC(CCBr)CCn1cc(Br)ccc1=O. The monoisotopic (exact) mass is 335 g/mol. The molecule has 0 aliphatic heterocycles. The summed E-state index contributed by atoms with van der Waals surface area (Å²) in [7, 11) is 0. The minimum atomic E-state index is 0.0734. The molecule has 1 aromatic heterocycles. The van der Waals surface area contributed by atoms with Gasteiger partial charge in [0.1, 0.15) is 0 Å². The van der Waals surface area contributed by atoms with E-state index in [2.05, 4.69) is 38.8 Å². The van der Waals surface area contributed by atoms with Crippen LogP contribution in [0.2, 0.25) is 0 Å². The lowest BCUT2D eigenvalue weighted by atomic mass is 10.1. The molecule has 1 unspecified atom stereocenters. The highest BCUT2D eigenvalue weighted by atomic mass is 79.9. The first-order valence-electron chi connectivity index (χ1n) is 5.05. The Morgan fingerprint density at radius 2 is 2.13 bits per heavy atom. The summed E-state index contributed by atoms with van der Waals surface area (Å²) < 4.78 is 2.71. The van der Waals surface area contributed by atoms with Crippen LogP contribution < -0.4 is 5.56 Å². The Bertz CT molecular complexity index is 362. The predicted octanol–water partition coefficient (Wildman–Crippen LogP) is 3.42. The van der Waals surface area contributed by atoms with Crippen LogP contribution in [0, 0.1) is 5.92 Å². The molecule has 0 aliphatic carbocycles. The van der Waals surface area contributed by atoms with Gasteiger partial charge in [-0.25, -0.2) is 0 Å². The van der Waals surface area contributed by atoms with Crippen molar-refractivity contribution >= 4 is 31.9 Å². The molecule has 0 saturated carbocycles. The van der Waals surface area contributed by atoms with Crippen molar-refractivity contribution in [3.63, 3.8) is 0 Å². The summed E-state index contributed by atoms with van der Waals surface area (Å²) in [6, 6.07) is 3.37. The number of hydrogen-bond acceptors (Lipinski definition) is 1. The fourth-order valence-electron chi connectivity index (χ4n) is 1.37. The molecule has 84 valence electrons. The van der Waals surface area contributed by atoms with Gasteiger partial charge in [-0.15, -0.1) is 0 Å². The van der Waals surface area contributed by atoms with Gasteiger partial charge < -0.3 is 4.57 Å². The quantitative estimate of drug-likeness (QED) is 0.755. The predicted molar refractivity (Wildman–Crippen MR) is 70.6 cm³/mol. The third kappa shape index (κ3) is 4.51. The maximum atomic E-state index is 11.5. The van der Waals surface area contributed by atoms with Crippen molar-refractivity contribution in [1.29, 1.82) is 0 Å². The van der Waals surface area contributed by atoms with Crippen LogP contribution in [0.1, 0.15) is 19.8 Å². The van der Waals surface area contributed by atoms with E-state index in [9.17, 15) is 4.79 Å². The second kappa shape index (κ2) is 6.48. The highest BCUT2D eigenvalue weighted by molar-refractivity contribution is 9.10. The van der Waals surface area contributed by atoms with Gasteiger partial charge >= 0.3 is 0 Å². The number of aryl methyl sites for hydroxylation is 1. The van der Waals surface area contributed by atoms with Gasteiger partial charge in [0.15, 0.2) is 0 Å². The average molecular weight is 337 g/mol. The Kier molecular flexibility index (Phi) is 5.61. The van der Waals surface area contributed by atoms with Crippen molar-refractivity contribution in [1.82, 2.24) is 4.57 Å². The van der Waals surface area contributed by atoms with Gasteiger partial charge in [0, 0.05) is 28.6 Å². The molecule has 1 atom stereocenters. The molecular formula is C11H15Br2NO. The van der Waals surface area contributed by atoms with E-state index in [1.54, 1.807) is 16.7 Å². The molecule has 0 amide bonds. The van der Waals surface area contributed by atoms with E-state index in [0.717, 1.165) is 29.2 Å². The summed E-state index contributed by atoms with van der Waals surface area (Å²) in [4.78, 5) is 11.5. The van der Waals surface area contributed by atoms with E-state index < -0.39 is 0 Å². The number of hydrogen-bond donors (Lipinski definition) is 0. The van der Waals surface area contributed by atoms with E-state index in [-0.39, 0.29) is 5.56 Å². The minimum Gasteiger partial charge on any atom is -0.314 e. The fourth-order valence-corrected chi connectivity index (χ4v) is 2.53. The third-order valence-corrected chi connectivity index (χ3v) is 3.34. The second-order valence-electron chi connectivity index (χ2n) is 3.75. The van der Waals surface area contributed by atoms with E-state index >= 15 is 0 Å². The van der Waals surface area contributed by atoms with Crippen molar-refractivity contribution in [2.24, 2.45) is 5.92 Å². The Hall–Kier alpha value is -0.0900. The Labute approximate surface area is 107 Å². The number of rotatable bonds is 5. The highest BCUT2D eigenvalue weighted by Gasteiger charge is 2.02. The minimum absolute atomic E-state index is 0.0734. The van der Waals surface area contributed by atoms with Crippen LogP contribution in [-0.2, 0) is 6.54 Å². The molecule has 0 aliphatic rings. The van der Waals surface area contributed by atoms with Crippen LogP contribution in [-0.4, -0.2) is 9.90 Å². The molecule has 1 heterocycles. The van der Waals surface area contributed by atoms with Gasteiger partial charge in [0.2, 0.25) is 0 Å². The molecule has 0 N–H and O–H groups in total. The first kappa shape index (κ1) is 13.0. The third-order valence-electron chi connectivity index (χ3n) is 2.41. The number of halogens is 2. The van der Waals surface area contributed by atoms with Crippen LogP contribution in [0.15, 0.2) is 27.6 Å². The Balaban J connectivity index is 2.57. The molecular weight excluding hydrogens is 322 g/mol. The summed E-state index contributed by atoms with van der Waals surface area (Å²) in [5.41, 5.74) is 0.0734. The molecule has 0 spiro atoms. The summed E-state index contributed by atoms with van der Waals surface area (Å²) in [5.74, 6) is 0.648. The first-order valence-corrected chi connectivity index (χ1v) is 6.97. The molecule has 15 heavy (non-hydrogen) atoms. The molecule has 4 heteroatoms.